The van der Waals surface area contributed by atoms with Gasteiger partial charge in [-0.15, -0.1) is 0 Å². The first-order valence-corrected chi connectivity index (χ1v) is 5.54. The number of rotatable bonds is 3. The van der Waals surface area contributed by atoms with Crippen molar-refractivity contribution in [3.05, 3.63) is 35.9 Å². The molecule has 1 atom stereocenters. The van der Waals surface area contributed by atoms with E-state index in [0.717, 1.165) is 12.2 Å². The number of benzene rings is 1. The Bertz CT molecular complexity index is 283. The van der Waals surface area contributed by atoms with E-state index in [-0.39, 0.29) is 36.2 Å². The fourth-order valence-electron chi connectivity index (χ4n) is 0.766. The van der Waals surface area contributed by atoms with Crippen molar-refractivity contribution in [2.75, 3.05) is 6.66 Å². The van der Waals surface area contributed by atoms with E-state index in [9.17, 15) is 9.46 Å². The topological polar surface area (TPSA) is 49.4 Å². The summed E-state index contributed by atoms with van der Waals surface area (Å²) in [6.45, 7) is 1.19. The molecule has 0 radical (unpaired) electrons. The summed E-state index contributed by atoms with van der Waals surface area (Å²) in [4.78, 5) is 10.6. The molecule has 0 aliphatic rings. The Kier molecular flexibility index (Phi) is 6.14. The minimum atomic E-state index is -3.58. The Hall–Kier alpha value is 0.370. The minimum Gasteiger partial charge on any atom is -0.779 e. The summed E-state index contributed by atoms with van der Waals surface area (Å²) in [6.07, 6.45) is 0. The third kappa shape index (κ3) is 6.44. The van der Waals surface area contributed by atoms with Gasteiger partial charge in [-0.2, -0.15) is 0 Å². The number of hydrogen-bond donors (Lipinski definition) is 0. The molecular formula is C8H10NaO3P. The zero-order valence-electron chi connectivity index (χ0n) is 7.77. The Morgan fingerprint density at radius 2 is 1.92 bits per heavy atom. The van der Waals surface area contributed by atoms with Crippen molar-refractivity contribution in [3.63, 3.8) is 0 Å². The van der Waals surface area contributed by atoms with Crippen LogP contribution in [-0.4, -0.2) is 6.66 Å². The van der Waals surface area contributed by atoms with Crippen LogP contribution in [0.25, 0.3) is 0 Å². The third-order valence-electron chi connectivity index (χ3n) is 1.31. The molecule has 0 saturated carbocycles. The van der Waals surface area contributed by atoms with Gasteiger partial charge in [-0.25, -0.2) is 0 Å². The maximum atomic E-state index is 10.6. The first-order valence-electron chi connectivity index (χ1n) is 3.55. The van der Waals surface area contributed by atoms with Gasteiger partial charge in [0.2, 0.25) is 0 Å². The SMILES string of the molecule is CP(=O)([O-])OCc1ccccc1.[Na+]. The molecule has 0 bridgehead atoms. The fourth-order valence-corrected chi connectivity index (χ4v) is 1.15. The molecule has 0 spiro atoms. The summed E-state index contributed by atoms with van der Waals surface area (Å²) >= 11 is 0. The molecule has 13 heavy (non-hydrogen) atoms. The maximum Gasteiger partial charge on any atom is 1.00 e. The van der Waals surface area contributed by atoms with Crippen LogP contribution in [0.4, 0.5) is 0 Å². The summed E-state index contributed by atoms with van der Waals surface area (Å²) in [5.41, 5.74) is 0.857. The van der Waals surface area contributed by atoms with Crippen LogP contribution in [0.3, 0.4) is 0 Å². The van der Waals surface area contributed by atoms with Crippen molar-refractivity contribution in [2.45, 2.75) is 6.61 Å². The van der Waals surface area contributed by atoms with Gasteiger partial charge < -0.3 is 14.0 Å². The Labute approximate surface area is 99.9 Å². The van der Waals surface area contributed by atoms with E-state index in [1.54, 1.807) is 0 Å². The molecule has 0 N–H and O–H groups in total. The van der Waals surface area contributed by atoms with Crippen LogP contribution in [0.5, 0.6) is 0 Å². The smallest absolute Gasteiger partial charge is 0.779 e. The van der Waals surface area contributed by atoms with E-state index in [2.05, 4.69) is 4.52 Å². The summed E-state index contributed by atoms with van der Waals surface area (Å²) in [5, 5.41) is 0. The van der Waals surface area contributed by atoms with Crippen LogP contribution in [-0.2, 0) is 15.7 Å². The molecule has 1 aromatic carbocycles. The standard InChI is InChI=1S/C8H11O3P.Na/c1-12(9,10)11-7-8-5-3-2-4-6-8;/h2-6H,7H2,1H3,(H,9,10);/q;+1/p-1. The van der Waals surface area contributed by atoms with E-state index in [1.165, 1.54) is 0 Å². The molecule has 0 saturated heterocycles. The van der Waals surface area contributed by atoms with Crippen LogP contribution in [0.2, 0.25) is 0 Å². The molecule has 0 heterocycles. The van der Waals surface area contributed by atoms with Gasteiger partial charge in [0.25, 0.3) is 0 Å². The molecule has 1 aromatic rings. The normalized spacial score (nSPS) is 14.3. The second-order valence-corrected chi connectivity index (χ2v) is 4.33. The molecule has 1 rings (SSSR count). The van der Waals surface area contributed by atoms with Crippen molar-refractivity contribution < 1.29 is 43.5 Å². The van der Waals surface area contributed by atoms with Crippen LogP contribution in [0, 0.1) is 0 Å². The Morgan fingerprint density at radius 3 is 2.38 bits per heavy atom. The van der Waals surface area contributed by atoms with Crippen molar-refractivity contribution in [2.24, 2.45) is 0 Å². The van der Waals surface area contributed by atoms with E-state index in [0.29, 0.717) is 0 Å². The Balaban J connectivity index is 0.00000144. The molecule has 0 aliphatic heterocycles. The van der Waals surface area contributed by atoms with Gasteiger partial charge in [0, 0.05) is 6.66 Å². The molecule has 66 valence electrons. The first-order chi connectivity index (χ1) is 5.58. The number of hydrogen-bond acceptors (Lipinski definition) is 3. The van der Waals surface area contributed by atoms with Gasteiger partial charge >= 0.3 is 29.6 Å². The average molecular weight is 208 g/mol. The van der Waals surface area contributed by atoms with E-state index in [1.807, 2.05) is 30.3 Å². The van der Waals surface area contributed by atoms with Gasteiger partial charge in [0.15, 0.2) is 0 Å². The van der Waals surface area contributed by atoms with Gasteiger partial charge in [-0.3, -0.25) is 0 Å². The van der Waals surface area contributed by atoms with Gasteiger partial charge in [-0.1, -0.05) is 30.3 Å². The molecule has 1 unspecified atom stereocenters. The summed E-state index contributed by atoms with van der Waals surface area (Å²) in [7, 11) is -3.58. The maximum absolute atomic E-state index is 10.6. The van der Waals surface area contributed by atoms with E-state index >= 15 is 0 Å². The average Bonchev–Trinajstić information content (AvgIpc) is 2.02. The predicted molar refractivity (Wildman–Crippen MR) is 44.8 cm³/mol. The van der Waals surface area contributed by atoms with Gasteiger partial charge in [0.05, 0.1) is 6.61 Å². The van der Waals surface area contributed by atoms with Crippen molar-refractivity contribution in [3.8, 4) is 0 Å². The van der Waals surface area contributed by atoms with Gasteiger partial charge in [0.1, 0.15) is 7.60 Å². The summed E-state index contributed by atoms with van der Waals surface area (Å²) in [6, 6.07) is 9.17. The zero-order chi connectivity index (χ0) is 9.03. The second kappa shape index (κ2) is 5.97. The predicted octanol–water partition coefficient (Wildman–Crippen LogP) is -1.61. The van der Waals surface area contributed by atoms with Crippen molar-refractivity contribution in [1.82, 2.24) is 0 Å². The van der Waals surface area contributed by atoms with Crippen LogP contribution < -0.4 is 34.5 Å². The molecule has 0 amide bonds. The van der Waals surface area contributed by atoms with Crippen LogP contribution in [0.15, 0.2) is 30.3 Å². The second-order valence-electron chi connectivity index (χ2n) is 2.53. The molecule has 0 aromatic heterocycles. The molecular weight excluding hydrogens is 198 g/mol. The third-order valence-corrected chi connectivity index (χ3v) is 1.91. The summed E-state index contributed by atoms with van der Waals surface area (Å²) in [5.74, 6) is 0. The van der Waals surface area contributed by atoms with E-state index < -0.39 is 7.60 Å². The monoisotopic (exact) mass is 208 g/mol. The van der Waals surface area contributed by atoms with Crippen LogP contribution in [0.1, 0.15) is 5.56 Å². The van der Waals surface area contributed by atoms with E-state index in [4.69, 9.17) is 0 Å². The largest absolute Gasteiger partial charge is 1.00 e. The van der Waals surface area contributed by atoms with Crippen LogP contribution >= 0.6 is 7.60 Å². The molecule has 5 heteroatoms. The molecule has 0 aliphatic carbocycles. The van der Waals surface area contributed by atoms with Crippen molar-refractivity contribution in [1.29, 1.82) is 0 Å². The summed E-state index contributed by atoms with van der Waals surface area (Å²) < 4.78 is 15.2. The Morgan fingerprint density at radius 1 is 1.38 bits per heavy atom. The van der Waals surface area contributed by atoms with Gasteiger partial charge in [-0.05, 0) is 5.56 Å². The minimum absolute atomic E-state index is 0. The first kappa shape index (κ1) is 13.4. The fraction of sp³-hybridized carbons (Fsp3) is 0.250. The molecule has 3 nitrogen and oxygen atoms in total. The van der Waals surface area contributed by atoms with Crippen molar-refractivity contribution >= 4 is 7.60 Å². The quantitative estimate of drug-likeness (QED) is 0.443. The zero-order valence-corrected chi connectivity index (χ0v) is 10.7. The molecule has 0 fully saturated rings.